The van der Waals surface area contributed by atoms with Crippen LogP contribution in [-0.4, -0.2) is 35.1 Å². The summed E-state index contributed by atoms with van der Waals surface area (Å²) in [5.74, 6) is -0.642. The summed E-state index contributed by atoms with van der Waals surface area (Å²) in [5.41, 5.74) is 1.09. The minimum atomic E-state index is -1.21. The second-order valence-corrected chi connectivity index (χ2v) is 12.7. The van der Waals surface area contributed by atoms with Crippen molar-refractivity contribution in [1.29, 1.82) is 0 Å². The first-order valence-electron chi connectivity index (χ1n) is 8.08. The lowest BCUT2D eigenvalue weighted by Crippen LogP contribution is -2.23. The summed E-state index contributed by atoms with van der Waals surface area (Å²) in [5, 5.41) is 21.7. The Morgan fingerprint density at radius 1 is 1.36 bits per heavy atom. The molecule has 0 amide bonds. The zero-order valence-electron chi connectivity index (χ0n) is 14.7. The number of carbonyl (C=O) groups is 1. The molecular formula is C16H22N3O5Si-. The molecule has 8 nitrogen and oxygen atoms in total. The van der Waals surface area contributed by atoms with Gasteiger partial charge < -0.3 is 19.2 Å². The monoisotopic (exact) mass is 364 g/mol. The number of nitro groups is 1. The summed E-state index contributed by atoms with van der Waals surface area (Å²) >= 11 is 0. The Kier molecular flexibility index (Phi) is 5.91. The lowest BCUT2D eigenvalue weighted by atomic mass is 10.3. The largest absolute Gasteiger partial charge is 0.550 e. The van der Waals surface area contributed by atoms with E-state index in [1.165, 1.54) is 12.1 Å². The van der Waals surface area contributed by atoms with E-state index in [4.69, 9.17) is 4.74 Å². The number of aromatic nitrogens is 2. The highest BCUT2D eigenvalue weighted by Gasteiger charge is 2.16. The number of carboxylic acids is 1. The summed E-state index contributed by atoms with van der Waals surface area (Å²) in [6.07, 6.45) is 0.0164. The number of nitro benzene ring substituents is 1. The number of imidazole rings is 1. The van der Waals surface area contributed by atoms with Crippen LogP contribution in [-0.2, 0) is 22.7 Å². The first-order chi connectivity index (χ1) is 11.7. The van der Waals surface area contributed by atoms with Crippen molar-refractivity contribution in [2.45, 2.75) is 45.3 Å². The highest BCUT2D eigenvalue weighted by atomic mass is 28.3. The summed E-state index contributed by atoms with van der Waals surface area (Å²) in [7, 11) is -1.21. The summed E-state index contributed by atoms with van der Waals surface area (Å²) in [6, 6.07) is 5.42. The van der Waals surface area contributed by atoms with Gasteiger partial charge in [0.15, 0.2) is 0 Å². The molecule has 0 saturated heterocycles. The smallest absolute Gasteiger partial charge is 0.271 e. The number of carboxylic acid groups (broad SMARTS) is 1. The molecule has 0 aliphatic heterocycles. The SMILES string of the molecule is C[Si](C)(C)CCOCn1c(CCC(=O)[O-])nc2cc([N+](=O)[O-])ccc21. The van der Waals surface area contributed by atoms with Crippen LogP contribution < -0.4 is 5.11 Å². The molecule has 136 valence electrons. The number of fused-ring (bicyclic) bond motifs is 1. The predicted molar refractivity (Wildman–Crippen MR) is 93.8 cm³/mol. The molecule has 0 unspecified atom stereocenters. The first kappa shape index (κ1) is 19.1. The molecule has 0 N–H and O–H groups in total. The van der Waals surface area contributed by atoms with E-state index in [0.717, 1.165) is 6.04 Å². The van der Waals surface area contributed by atoms with E-state index in [-0.39, 0.29) is 25.3 Å². The summed E-state index contributed by atoms with van der Waals surface area (Å²) in [6.45, 7) is 7.62. The van der Waals surface area contributed by atoms with Crippen LogP contribution in [0.4, 0.5) is 5.69 Å². The third-order valence-corrected chi connectivity index (χ3v) is 5.50. The Balaban J connectivity index is 2.24. The van der Waals surface area contributed by atoms with Crippen LogP contribution in [0.2, 0.25) is 25.7 Å². The number of non-ortho nitro benzene ring substituents is 1. The quantitative estimate of drug-likeness (QED) is 0.291. The number of rotatable bonds is 9. The number of aryl methyl sites for hydroxylation is 1. The lowest BCUT2D eigenvalue weighted by Gasteiger charge is -2.16. The molecule has 0 aliphatic carbocycles. The van der Waals surface area contributed by atoms with Crippen LogP contribution in [0.5, 0.6) is 0 Å². The predicted octanol–water partition coefficient (Wildman–Crippen LogP) is 1.94. The van der Waals surface area contributed by atoms with Gasteiger partial charge in [-0.3, -0.25) is 10.1 Å². The summed E-state index contributed by atoms with van der Waals surface area (Å²) in [4.78, 5) is 25.5. The van der Waals surface area contributed by atoms with E-state index in [1.54, 1.807) is 10.6 Å². The fourth-order valence-corrected chi connectivity index (χ4v) is 3.12. The number of benzene rings is 1. The van der Waals surface area contributed by atoms with Crippen molar-refractivity contribution in [3.8, 4) is 0 Å². The molecule has 0 aliphatic rings. The van der Waals surface area contributed by atoms with Gasteiger partial charge in [0.25, 0.3) is 5.69 Å². The standard InChI is InChI=1S/C16H23N3O5Si/c1-25(2,3)9-8-24-11-18-14-5-4-12(19(22)23)10-13(14)17-15(18)6-7-16(20)21/h4-5,10H,6-9,11H2,1-3H3,(H,20,21)/p-1. The molecule has 25 heavy (non-hydrogen) atoms. The van der Waals surface area contributed by atoms with Crippen LogP contribution in [0.15, 0.2) is 18.2 Å². The number of ether oxygens (including phenoxy) is 1. The number of aliphatic carboxylic acids is 1. The topological polar surface area (TPSA) is 110 Å². The van der Waals surface area contributed by atoms with Gasteiger partial charge in [-0.05, 0) is 18.5 Å². The minimum Gasteiger partial charge on any atom is -0.550 e. The molecule has 1 heterocycles. The highest BCUT2D eigenvalue weighted by molar-refractivity contribution is 6.76. The van der Waals surface area contributed by atoms with Crippen LogP contribution >= 0.6 is 0 Å². The Morgan fingerprint density at radius 3 is 2.68 bits per heavy atom. The second kappa shape index (κ2) is 7.75. The van der Waals surface area contributed by atoms with Crippen molar-refractivity contribution in [2.24, 2.45) is 0 Å². The van der Waals surface area contributed by atoms with Crippen LogP contribution in [0.1, 0.15) is 12.2 Å². The molecular weight excluding hydrogens is 342 g/mol. The normalized spacial score (nSPS) is 11.8. The highest BCUT2D eigenvalue weighted by Crippen LogP contribution is 2.23. The van der Waals surface area contributed by atoms with Crippen molar-refractivity contribution in [1.82, 2.24) is 9.55 Å². The van der Waals surface area contributed by atoms with E-state index in [0.29, 0.717) is 23.5 Å². The maximum Gasteiger partial charge on any atom is 0.271 e. The average molecular weight is 364 g/mol. The Labute approximate surface area is 146 Å². The van der Waals surface area contributed by atoms with Gasteiger partial charge >= 0.3 is 0 Å². The number of carbonyl (C=O) groups excluding carboxylic acids is 1. The van der Waals surface area contributed by atoms with Crippen molar-refractivity contribution in [3.63, 3.8) is 0 Å². The minimum absolute atomic E-state index is 0.0525. The van der Waals surface area contributed by atoms with Crippen LogP contribution in [0.3, 0.4) is 0 Å². The molecule has 0 saturated carbocycles. The van der Waals surface area contributed by atoms with Gasteiger partial charge in [-0.2, -0.15) is 0 Å². The van der Waals surface area contributed by atoms with E-state index in [2.05, 4.69) is 24.6 Å². The zero-order valence-corrected chi connectivity index (χ0v) is 15.7. The lowest BCUT2D eigenvalue weighted by molar-refractivity contribution is -0.384. The first-order valence-corrected chi connectivity index (χ1v) is 11.8. The molecule has 1 aromatic heterocycles. The maximum atomic E-state index is 10.9. The summed E-state index contributed by atoms with van der Waals surface area (Å²) < 4.78 is 7.52. The van der Waals surface area contributed by atoms with Crippen LogP contribution in [0.25, 0.3) is 11.0 Å². The van der Waals surface area contributed by atoms with Crippen LogP contribution in [0, 0.1) is 10.1 Å². The van der Waals surface area contributed by atoms with Gasteiger partial charge in [0, 0.05) is 39.2 Å². The third kappa shape index (κ3) is 5.36. The molecule has 9 heteroatoms. The van der Waals surface area contributed by atoms with Gasteiger partial charge in [0.1, 0.15) is 12.6 Å². The molecule has 0 radical (unpaired) electrons. The van der Waals surface area contributed by atoms with Crippen molar-refractivity contribution in [2.75, 3.05) is 6.61 Å². The molecule has 0 fully saturated rings. The fraction of sp³-hybridized carbons (Fsp3) is 0.500. The third-order valence-electron chi connectivity index (χ3n) is 3.79. The van der Waals surface area contributed by atoms with E-state index in [9.17, 15) is 20.0 Å². The van der Waals surface area contributed by atoms with Crippen molar-refractivity contribution < 1.29 is 19.6 Å². The Hall–Kier alpha value is -2.26. The molecule has 1 aromatic carbocycles. The number of hydrogen-bond donors (Lipinski definition) is 0. The molecule has 2 aromatic rings. The Bertz CT molecular complexity index is 782. The van der Waals surface area contributed by atoms with E-state index < -0.39 is 19.0 Å². The van der Waals surface area contributed by atoms with Crippen molar-refractivity contribution >= 4 is 30.8 Å². The zero-order chi connectivity index (χ0) is 18.6. The Morgan fingerprint density at radius 2 is 2.08 bits per heavy atom. The fourth-order valence-electron chi connectivity index (χ4n) is 2.36. The average Bonchev–Trinajstić information content (AvgIpc) is 2.85. The second-order valence-electron chi connectivity index (χ2n) is 7.11. The van der Waals surface area contributed by atoms with E-state index in [1.807, 2.05) is 0 Å². The molecule has 0 bridgehead atoms. The van der Waals surface area contributed by atoms with Gasteiger partial charge in [0.05, 0.1) is 16.0 Å². The number of nitrogens with zero attached hydrogens (tertiary/aromatic N) is 3. The van der Waals surface area contributed by atoms with Gasteiger partial charge in [-0.25, -0.2) is 4.98 Å². The van der Waals surface area contributed by atoms with E-state index >= 15 is 0 Å². The molecule has 0 atom stereocenters. The van der Waals surface area contributed by atoms with Gasteiger partial charge in [0.2, 0.25) is 0 Å². The molecule has 0 spiro atoms. The number of hydrogen-bond acceptors (Lipinski definition) is 6. The molecule has 2 rings (SSSR count). The van der Waals surface area contributed by atoms with Gasteiger partial charge in [-0.15, -0.1) is 0 Å². The van der Waals surface area contributed by atoms with Crippen molar-refractivity contribution in [3.05, 3.63) is 34.1 Å². The van der Waals surface area contributed by atoms with Gasteiger partial charge in [-0.1, -0.05) is 19.6 Å². The maximum absolute atomic E-state index is 10.9.